The van der Waals surface area contributed by atoms with E-state index < -0.39 is 5.97 Å². The molecule has 1 N–H and O–H groups in total. The molecule has 0 aliphatic rings. The smallest absolute Gasteiger partial charge is 0.325 e. The van der Waals surface area contributed by atoms with Gasteiger partial charge in [0.2, 0.25) is 0 Å². The van der Waals surface area contributed by atoms with Gasteiger partial charge in [-0.15, -0.1) is 0 Å². The normalized spacial score (nSPS) is 10.2. The molecule has 0 radical (unpaired) electrons. The van der Waals surface area contributed by atoms with E-state index in [1.807, 2.05) is 61.5 Å². The number of rotatable bonds is 7. The minimum Gasteiger partial charge on any atom is -0.460 e. The summed E-state index contributed by atoms with van der Waals surface area (Å²) in [6.07, 6.45) is 0. The predicted octanol–water partition coefficient (Wildman–Crippen LogP) is 4.26. The fourth-order valence-corrected chi connectivity index (χ4v) is 2.45. The Morgan fingerprint density at radius 2 is 1.46 bits per heavy atom. The zero-order chi connectivity index (χ0) is 19.8. The fourth-order valence-electron chi connectivity index (χ4n) is 2.45. The summed E-state index contributed by atoms with van der Waals surface area (Å²) in [7, 11) is 0. The molecule has 0 fully saturated rings. The van der Waals surface area contributed by atoms with Crippen molar-refractivity contribution in [1.29, 1.82) is 0 Å². The van der Waals surface area contributed by atoms with Gasteiger partial charge < -0.3 is 14.8 Å². The van der Waals surface area contributed by atoms with Crippen LogP contribution in [0.25, 0.3) is 0 Å². The van der Waals surface area contributed by atoms with Gasteiger partial charge in [-0.25, -0.2) is 0 Å². The molecule has 142 valence electrons. The van der Waals surface area contributed by atoms with Crippen LogP contribution in [0.3, 0.4) is 0 Å². The highest BCUT2D eigenvalue weighted by atomic mass is 16.5. The van der Waals surface area contributed by atoms with E-state index in [1.165, 1.54) is 0 Å². The molecule has 0 bridgehead atoms. The summed E-state index contributed by atoms with van der Waals surface area (Å²) in [6, 6.07) is 23.8. The molecule has 0 saturated heterocycles. The van der Waals surface area contributed by atoms with Gasteiger partial charge in [-0.3, -0.25) is 9.59 Å². The Balaban J connectivity index is 1.45. The number of ether oxygens (including phenoxy) is 2. The number of esters is 1. The molecular weight excluding hydrogens is 354 g/mol. The maximum Gasteiger partial charge on any atom is 0.325 e. The van der Waals surface area contributed by atoms with Crippen molar-refractivity contribution in [1.82, 2.24) is 5.32 Å². The maximum atomic E-state index is 12.2. The van der Waals surface area contributed by atoms with Crippen molar-refractivity contribution in [2.24, 2.45) is 0 Å². The average molecular weight is 375 g/mol. The van der Waals surface area contributed by atoms with Gasteiger partial charge in [0.1, 0.15) is 24.7 Å². The van der Waals surface area contributed by atoms with Crippen LogP contribution in [-0.4, -0.2) is 18.4 Å². The van der Waals surface area contributed by atoms with Crippen LogP contribution in [0.5, 0.6) is 11.5 Å². The Bertz CT molecular complexity index is 919. The number of carbonyl (C=O) groups excluding carboxylic acids is 2. The molecule has 0 unspecified atom stereocenters. The number of nitrogens with one attached hydrogen (secondary N) is 1. The van der Waals surface area contributed by atoms with Crippen LogP contribution in [0, 0.1) is 6.92 Å². The molecule has 0 aliphatic carbocycles. The van der Waals surface area contributed by atoms with Crippen LogP contribution in [0.1, 0.15) is 21.5 Å². The van der Waals surface area contributed by atoms with E-state index in [0.717, 1.165) is 16.9 Å². The molecule has 1 amide bonds. The standard InChI is InChI=1S/C23H21NO4/c1-17-7-9-18(10-8-17)16-27-22(25)15-24-23(26)19-11-13-21(14-12-19)28-20-5-3-2-4-6-20/h2-14H,15-16H2,1H3,(H,24,26). The summed E-state index contributed by atoms with van der Waals surface area (Å²) in [5.41, 5.74) is 2.48. The minimum absolute atomic E-state index is 0.181. The van der Waals surface area contributed by atoms with Crippen LogP contribution in [0.4, 0.5) is 0 Å². The number of carbonyl (C=O) groups is 2. The molecule has 0 saturated carbocycles. The van der Waals surface area contributed by atoms with E-state index in [4.69, 9.17) is 9.47 Å². The number of para-hydroxylation sites is 1. The molecule has 28 heavy (non-hydrogen) atoms. The lowest BCUT2D eigenvalue weighted by atomic mass is 10.2. The lowest BCUT2D eigenvalue weighted by Gasteiger charge is -2.08. The second-order valence-electron chi connectivity index (χ2n) is 6.27. The fraction of sp³-hybridized carbons (Fsp3) is 0.130. The monoisotopic (exact) mass is 375 g/mol. The summed E-state index contributed by atoms with van der Waals surface area (Å²) < 4.78 is 10.9. The number of amides is 1. The molecule has 5 heteroatoms. The van der Waals surface area contributed by atoms with Crippen LogP contribution < -0.4 is 10.1 Å². The van der Waals surface area contributed by atoms with Crippen molar-refractivity contribution in [3.63, 3.8) is 0 Å². The molecular formula is C23H21NO4. The number of benzene rings is 3. The van der Waals surface area contributed by atoms with Crippen LogP contribution in [0.2, 0.25) is 0 Å². The van der Waals surface area contributed by atoms with Gasteiger partial charge in [0.05, 0.1) is 0 Å². The first-order chi connectivity index (χ1) is 13.6. The third-order valence-corrected chi connectivity index (χ3v) is 4.01. The van der Waals surface area contributed by atoms with Crippen molar-refractivity contribution in [2.45, 2.75) is 13.5 Å². The van der Waals surface area contributed by atoms with Crippen LogP contribution >= 0.6 is 0 Å². The molecule has 3 aromatic carbocycles. The third-order valence-electron chi connectivity index (χ3n) is 4.01. The number of aryl methyl sites for hydroxylation is 1. The Hall–Kier alpha value is -3.60. The lowest BCUT2D eigenvalue weighted by Crippen LogP contribution is -2.30. The second kappa shape index (κ2) is 9.37. The largest absolute Gasteiger partial charge is 0.460 e. The van der Waals surface area contributed by atoms with Gasteiger partial charge in [0.15, 0.2) is 0 Å². The first-order valence-corrected chi connectivity index (χ1v) is 8.92. The van der Waals surface area contributed by atoms with E-state index in [-0.39, 0.29) is 19.1 Å². The second-order valence-corrected chi connectivity index (χ2v) is 6.27. The van der Waals surface area contributed by atoms with E-state index in [1.54, 1.807) is 24.3 Å². The highest BCUT2D eigenvalue weighted by Gasteiger charge is 2.09. The number of hydrogen-bond acceptors (Lipinski definition) is 4. The molecule has 3 aromatic rings. The van der Waals surface area contributed by atoms with E-state index >= 15 is 0 Å². The summed E-state index contributed by atoms with van der Waals surface area (Å²) in [5, 5.41) is 2.56. The van der Waals surface area contributed by atoms with Crippen LogP contribution in [0.15, 0.2) is 78.9 Å². The molecule has 0 aromatic heterocycles. The van der Waals surface area contributed by atoms with Gasteiger partial charge in [-0.05, 0) is 48.9 Å². The summed E-state index contributed by atoms with van der Waals surface area (Å²) in [4.78, 5) is 24.0. The highest BCUT2D eigenvalue weighted by molar-refractivity contribution is 5.96. The number of hydrogen-bond donors (Lipinski definition) is 1. The summed E-state index contributed by atoms with van der Waals surface area (Å²) in [5.74, 6) is 0.507. The predicted molar refractivity (Wildman–Crippen MR) is 106 cm³/mol. The van der Waals surface area contributed by atoms with Crippen LogP contribution in [-0.2, 0) is 16.1 Å². The Morgan fingerprint density at radius 3 is 2.14 bits per heavy atom. The van der Waals surface area contributed by atoms with Gasteiger partial charge in [0, 0.05) is 5.56 Å². The van der Waals surface area contributed by atoms with E-state index in [2.05, 4.69) is 5.32 Å². The molecule has 0 aliphatic heterocycles. The van der Waals surface area contributed by atoms with Gasteiger partial charge >= 0.3 is 5.97 Å². The average Bonchev–Trinajstić information content (AvgIpc) is 2.73. The maximum absolute atomic E-state index is 12.2. The Labute approximate surface area is 163 Å². The Morgan fingerprint density at radius 1 is 0.821 bits per heavy atom. The van der Waals surface area contributed by atoms with Gasteiger partial charge in [0.25, 0.3) is 5.91 Å². The van der Waals surface area contributed by atoms with E-state index in [0.29, 0.717) is 11.3 Å². The Kier molecular flexibility index (Phi) is 6.41. The zero-order valence-electron chi connectivity index (χ0n) is 15.6. The summed E-state index contributed by atoms with van der Waals surface area (Å²) >= 11 is 0. The summed E-state index contributed by atoms with van der Waals surface area (Å²) in [6.45, 7) is 1.99. The minimum atomic E-state index is -0.488. The zero-order valence-corrected chi connectivity index (χ0v) is 15.6. The lowest BCUT2D eigenvalue weighted by molar-refractivity contribution is -0.143. The molecule has 3 rings (SSSR count). The van der Waals surface area contributed by atoms with Crippen molar-refractivity contribution < 1.29 is 19.1 Å². The molecule has 0 heterocycles. The molecule has 0 atom stereocenters. The molecule has 0 spiro atoms. The topological polar surface area (TPSA) is 64.6 Å². The van der Waals surface area contributed by atoms with Gasteiger partial charge in [-0.2, -0.15) is 0 Å². The quantitative estimate of drug-likeness (QED) is 0.627. The first kappa shape index (κ1) is 19.2. The van der Waals surface area contributed by atoms with E-state index in [9.17, 15) is 9.59 Å². The van der Waals surface area contributed by atoms with Crippen molar-refractivity contribution in [2.75, 3.05) is 6.54 Å². The highest BCUT2D eigenvalue weighted by Crippen LogP contribution is 2.21. The SMILES string of the molecule is Cc1ccc(COC(=O)CNC(=O)c2ccc(Oc3ccccc3)cc2)cc1. The first-order valence-electron chi connectivity index (χ1n) is 8.92. The van der Waals surface area contributed by atoms with Gasteiger partial charge in [-0.1, -0.05) is 48.0 Å². The van der Waals surface area contributed by atoms with Crippen molar-refractivity contribution in [3.8, 4) is 11.5 Å². The van der Waals surface area contributed by atoms with Crippen molar-refractivity contribution in [3.05, 3.63) is 95.6 Å². The van der Waals surface area contributed by atoms with Crippen molar-refractivity contribution >= 4 is 11.9 Å². The molecule has 5 nitrogen and oxygen atoms in total. The third kappa shape index (κ3) is 5.71.